The highest BCUT2D eigenvalue weighted by molar-refractivity contribution is 6.29. The number of carbonyl (C=O) groups is 1. The topological polar surface area (TPSA) is 65.5 Å². The van der Waals surface area contributed by atoms with Gasteiger partial charge in [-0.3, -0.25) is 4.79 Å². The van der Waals surface area contributed by atoms with Crippen LogP contribution >= 0.6 is 11.6 Å². The Hall–Kier alpha value is -1.33. The predicted molar refractivity (Wildman–Crippen MR) is 88.5 cm³/mol. The fraction of sp³-hybridized carbons (Fsp3) is 0.625. The number of hydrogen-bond acceptors (Lipinski definition) is 4. The molecule has 2 heterocycles. The average molecular weight is 326 g/mol. The first-order chi connectivity index (χ1) is 10.3. The van der Waals surface area contributed by atoms with Gasteiger partial charge in [-0.25, -0.2) is 4.98 Å². The van der Waals surface area contributed by atoms with Crippen molar-refractivity contribution in [3.05, 3.63) is 22.8 Å². The maximum atomic E-state index is 12.3. The Bertz CT molecular complexity index is 537. The number of nitrogens with zero attached hydrogens (tertiary/aromatic N) is 2. The van der Waals surface area contributed by atoms with E-state index in [-0.39, 0.29) is 17.9 Å². The van der Waals surface area contributed by atoms with Gasteiger partial charge in [-0.1, -0.05) is 32.4 Å². The van der Waals surface area contributed by atoms with E-state index >= 15 is 0 Å². The van der Waals surface area contributed by atoms with E-state index in [2.05, 4.69) is 15.2 Å². The van der Waals surface area contributed by atoms with Gasteiger partial charge in [-0.05, 0) is 30.4 Å². The lowest BCUT2D eigenvalue weighted by atomic mass is 9.89. The van der Waals surface area contributed by atoms with Crippen LogP contribution in [0.5, 0.6) is 0 Å². The SMILES string of the molecule is CC(C)(C)C(O)CNC(=O)c1cc(Cl)nc(N2CCCC2)c1. The smallest absolute Gasteiger partial charge is 0.251 e. The van der Waals surface area contributed by atoms with Crippen molar-refractivity contribution in [2.75, 3.05) is 24.5 Å². The van der Waals surface area contributed by atoms with Crippen LogP contribution in [0.1, 0.15) is 44.0 Å². The Morgan fingerprint density at radius 1 is 1.41 bits per heavy atom. The van der Waals surface area contributed by atoms with Gasteiger partial charge < -0.3 is 15.3 Å². The van der Waals surface area contributed by atoms with Crippen LogP contribution in [0, 0.1) is 5.41 Å². The molecule has 0 spiro atoms. The predicted octanol–water partition coefficient (Wildman–Crippen LogP) is 2.47. The van der Waals surface area contributed by atoms with E-state index in [1.807, 2.05) is 20.8 Å². The van der Waals surface area contributed by atoms with Gasteiger partial charge in [0.2, 0.25) is 0 Å². The summed E-state index contributed by atoms with van der Waals surface area (Å²) in [7, 11) is 0. The number of rotatable bonds is 4. The molecule has 5 nitrogen and oxygen atoms in total. The zero-order valence-electron chi connectivity index (χ0n) is 13.4. The van der Waals surface area contributed by atoms with Crippen molar-refractivity contribution >= 4 is 23.3 Å². The number of aliphatic hydroxyl groups excluding tert-OH is 1. The van der Waals surface area contributed by atoms with Gasteiger partial charge in [0.1, 0.15) is 11.0 Å². The van der Waals surface area contributed by atoms with Crippen molar-refractivity contribution in [2.45, 2.75) is 39.7 Å². The van der Waals surface area contributed by atoms with Crippen LogP contribution in [0.4, 0.5) is 5.82 Å². The van der Waals surface area contributed by atoms with Crippen molar-refractivity contribution in [3.8, 4) is 0 Å². The molecule has 2 N–H and O–H groups in total. The monoisotopic (exact) mass is 325 g/mol. The molecular formula is C16H24ClN3O2. The fourth-order valence-electron chi connectivity index (χ4n) is 2.32. The minimum Gasteiger partial charge on any atom is -0.391 e. The Morgan fingerprint density at radius 3 is 2.64 bits per heavy atom. The number of nitrogens with one attached hydrogen (secondary N) is 1. The highest BCUT2D eigenvalue weighted by atomic mass is 35.5. The molecule has 22 heavy (non-hydrogen) atoms. The largest absolute Gasteiger partial charge is 0.391 e. The van der Waals surface area contributed by atoms with Crippen molar-refractivity contribution in [3.63, 3.8) is 0 Å². The molecule has 0 bridgehead atoms. The Labute approximate surface area is 136 Å². The van der Waals surface area contributed by atoms with Crippen molar-refractivity contribution in [1.82, 2.24) is 10.3 Å². The standard InChI is InChI=1S/C16H24ClN3O2/c1-16(2,3)12(21)10-18-15(22)11-8-13(17)19-14(9-11)20-6-4-5-7-20/h8-9,12,21H,4-7,10H2,1-3H3,(H,18,22). The molecule has 1 unspecified atom stereocenters. The number of carbonyl (C=O) groups excluding carboxylic acids is 1. The molecule has 0 saturated carbocycles. The number of halogens is 1. The molecule has 6 heteroatoms. The number of hydrogen-bond donors (Lipinski definition) is 2. The van der Waals surface area contributed by atoms with E-state index in [9.17, 15) is 9.90 Å². The van der Waals surface area contributed by atoms with E-state index in [0.29, 0.717) is 10.7 Å². The number of aromatic nitrogens is 1. The quantitative estimate of drug-likeness (QED) is 0.835. The molecule has 1 aliphatic rings. The minimum atomic E-state index is -0.605. The number of pyridine rings is 1. The molecule has 1 atom stereocenters. The number of anilines is 1. The normalized spacial score (nSPS) is 16.7. The molecule has 1 amide bonds. The molecule has 1 saturated heterocycles. The van der Waals surface area contributed by atoms with Crippen LogP contribution in [-0.2, 0) is 0 Å². The van der Waals surface area contributed by atoms with E-state index < -0.39 is 6.10 Å². The van der Waals surface area contributed by atoms with Gasteiger partial charge in [0.15, 0.2) is 0 Å². The molecule has 122 valence electrons. The van der Waals surface area contributed by atoms with Crippen LogP contribution in [-0.4, -0.2) is 41.7 Å². The summed E-state index contributed by atoms with van der Waals surface area (Å²) in [5.74, 6) is 0.500. The Morgan fingerprint density at radius 2 is 2.05 bits per heavy atom. The second-order valence-corrected chi connectivity index (χ2v) is 7.21. The van der Waals surface area contributed by atoms with Gasteiger partial charge in [-0.15, -0.1) is 0 Å². The maximum absolute atomic E-state index is 12.3. The van der Waals surface area contributed by atoms with Gasteiger partial charge in [-0.2, -0.15) is 0 Å². The Kier molecular flexibility index (Phi) is 5.29. The molecule has 1 fully saturated rings. The van der Waals surface area contributed by atoms with E-state index in [4.69, 9.17) is 11.6 Å². The van der Waals surface area contributed by atoms with Gasteiger partial charge in [0.25, 0.3) is 5.91 Å². The molecule has 1 aromatic rings. The second-order valence-electron chi connectivity index (χ2n) is 6.82. The first-order valence-electron chi connectivity index (χ1n) is 7.66. The minimum absolute atomic E-state index is 0.210. The Balaban J connectivity index is 2.06. The molecule has 0 radical (unpaired) electrons. The molecule has 0 aliphatic carbocycles. The maximum Gasteiger partial charge on any atom is 0.251 e. The van der Waals surface area contributed by atoms with E-state index in [1.54, 1.807) is 12.1 Å². The highest BCUT2D eigenvalue weighted by Crippen LogP contribution is 2.22. The molecule has 0 aromatic carbocycles. The lowest BCUT2D eigenvalue weighted by Crippen LogP contribution is -2.39. The fourth-order valence-corrected chi connectivity index (χ4v) is 2.52. The van der Waals surface area contributed by atoms with E-state index in [1.165, 1.54) is 0 Å². The van der Waals surface area contributed by atoms with Crippen LogP contribution in [0.3, 0.4) is 0 Å². The first kappa shape index (κ1) is 17.0. The summed E-state index contributed by atoms with van der Waals surface area (Å²) < 4.78 is 0. The third kappa shape index (κ3) is 4.34. The van der Waals surface area contributed by atoms with Gasteiger partial charge >= 0.3 is 0 Å². The number of aliphatic hydroxyl groups is 1. The number of amides is 1. The van der Waals surface area contributed by atoms with Crippen LogP contribution in [0.15, 0.2) is 12.1 Å². The molecule has 2 rings (SSSR count). The summed E-state index contributed by atoms with van der Waals surface area (Å²) >= 11 is 6.04. The van der Waals surface area contributed by atoms with Crippen LogP contribution in [0.2, 0.25) is 5.15 Å². The summed E-state index contributed by atoms with van der Waals surface area (Å²) in [6, 6.07) is 3.32. The first-order valence-corrected chi connectivity index (χ1v) is 8.04. The summed E-state index contributed by atoms with van der Waals surface area (Å²) in [4.78, 5) is 18.7. The third-order valence-corrected chi connectivity index (χ3v) is 4.12. The van der Waals surface area contributed by atoms with Crippen molar-refractivity contribution in [2.24, 2.45) is 5.41 Å². The summed E-state index contributed by atoms with van der Waals surface area (Å²) in [6.07, 6.45) is 1.66. The summed E-state index contributed by atoms with van der Waals surface area (Å²) in [6.45, 7) is 7.88. The van der Waals surface area contributed by atoms with Crippen molar-refractivity contribution < 1.29 is 9.90 Å². The molecule has 1 aliphatic heterocycles. The third-order valence-electron chi connectivity index (χ3n) is 3.93. The van der Waals surface area contributed by atoms with Gasteiger partial charge in [0, 0.05) is 25.2 Å². The summed E-state index contributed by atoms with van der Waals surface area (Å²) in [5.41, 5.74) is 0.201. The zero-order chi connectivity index (χ0) is 16.3. The summed E-state index contributed by atoms with van der Waals surface area (Å²) in [5, 5.41) is 13.1. The van der Waals surface area contributed by atoms with Crippen LogP contribution in [0.25, 0.3) is 0 Å². The molecule has 1 aromatic heterocycles. The van der Waals surface area contributed by atoms with Gasteiger partial charge in [0.05, 0.1) is 6.10 Å². The van der Waals surface area contributed by atoms with Crippen molar-refractivity contribution in [1.29, 1.82) is 0 Å². The van der Waals surface area contributed by atoms with E-state index in [0.717, 1.165) is 31.7 Å². The average Bonchev–Trinajstić information content (AvgIpc) is 2.96. The van der Waals surface area contributed by atoms with Crippen LogP contribution < -0.4 is 10.2 Å². The highest BCUT2D eigenvalue weighted by Gasteiger charge is 2.23. The zero-order valence-corrected chi connectivity index (χ0v) is 14.2. The lowest BCUT2D eigenvalue weighted by molar-refractivity contribution is 0.0587. The second kappa shape index (κ2) is 6.84. The molecular weight excluding hydrogens is 302 g/mol. The lowest BCUT2D eigenvalue weighted by Gasteiger charge is -2.26.